The zero-order valence-electron chi connectivity index (χ0n) is 21.4. The molecular weight excluding hydrogens is 559 g/mol. The van der Waals surface area contributed by atoms with Crippen LogP contribution in [0.4, 0.5) is 0 Å². The first kappa shape index (κ1) is 29.3. The van der Waals surface area contributed by atoms with E-state index < -0.39 is 30.2 Å². The lowest BCUT2D eigenvalue weighted by Crippen LogP contribution is -2.44. The van der Waals surface area contributed by atoms with Crippen LogP contribution in [0, 0.1) is 0 Å². The zero-order chi connectivity index (χ0) is 28.8. The fourth-order valence-electron chi connectivity index (χ4n) is 4.62. The first-order valence-corrected chi connectivity index (χ1v) is 13.3. The summed E-state index contributed by atoms with van der Waals surface area (Å²) in [4.78, 5) is 54.0. The van der Waals surface area contributed by atoms with Crippen LogP contribution in [0.1, 0.15) is 30.4 Å². The van der Waals surface area contributed by atoms with Crippen LogP contribution in [0.3, 0.4) is 0 Å². The van der Waals surface area contributed by atoms with Gasteiger partial charge in [0, 0.05) is 53.8 Å². The average Bonchev–Trinajstić information content (AvgIpc) is 3.48. The predicted molar refractivity (Wildman–Crippen MR) is 146 cm³/mol. The highest BCUT2D eigenvalue weighted by Gasteiger charge is 2.36. The normalized spacial score (nSPS) is 15.7. The Balaban J connectivity index is 1.36. The third-order valence-corrected chi connectivity index (χ3v) is 7.28. The molecule has 4 amide bonds. The topological polar surface area (TPSA) is 130 Å². The summed E-state index contributed by atoms with van der Waals surface area (Å²) in [6, 6.07) is 12.8. The summed E-state index contributed by atoms with van der Waals surface area (Å²) in [5, 5.41) is 21.3. The second kappa shape index (κ2) is 13.1. The molecule has 0 radical (unpaired) electrons. The lowest BCUT2D eigenvalue weighted by molar-refractivity contribution is -0.174. The summed E-state index contributed by atoms with van der Waals surface area (Å²) in [7, 11) is 0. The van der Waals surface area contributed by atoms with Gasteiger partial charge in [-0.2, -0.15) is 0 Å². The lowest BCUT2D eigenvalue weighted by atomic mass is 10.0. The molecule has 4 rings (SSSR count). The van der Waals surface area contributed by atoms with Gasteiger partial charge in [-0.25, -0.2) is 10.5 Å². The van der Waals surface area contributed by atoms with Crippen molar-refractivity contribution >= 4 is 46.8 Å². The maximum atomic E-state index is 13.2. The molecule has 2 aromatic rings. The molecule has 2 aromatic carbocycles. The quantitative estimate of drug-likeness (QED) is 0.273. The fraction of sp³-hybridized carbons (Fsp3) is 0.286. The molecule has 0 fully saturated rings. The van der Waals surface area contributed by atoms with Crippen LogP contribution in [-0.4, -0.2) is 68.0 Å². The maximum Gasteiger partial charge on any atom is 0.252 e. The van der Waals surface area contributed by atoms with E-state index in [0.29, 0.717) is 33.8 Å². The summed E-state index contributed by atoms with van der Waals surface area (Å²) < 4.78 is 0. The van der Waals surface area contributed by atoms with Gasteiger partial charge in [0.05, 0.1) is 12.5 Å². The minimum Gasteiger partial charge on any atom is -0.331 e. The molecule has 0 spiro atoms. The average molecular weight is 587 g/mol. The number of halogens is 2. The minimum atomic E-state index is -1.32. The van der Waals surface area contributed by atoms with Crippen LogP contribution in [0.15, 0.2) is 71.8 Å². The highest BCUT2D eigenvalue weighted by atomic mass is 35.5. The van der Waals surface area contributed by atoms with Crippen LogP contribution >= 0.6 is 23.2 Å². The molecule has 2 heterocycles. The van der Waals surface area contributed by atoms with Gasteiger partial charge < -0.3 is 9.80 Å². The van der Waals surface area contributed by atoms with Crippen molar-refractivity contribution in [3.63, 3.8) is 0 Å². The van der Waals surface area contributed by atoms with Gasteiger partial charge in [-0.3, -0.25) is 29.6 Å². The largest absolute Gasteiger partial charge is 0.331 e. The van der Waals surface area contributed by atoms with Crippen molar-refractivity contribution in [2.45, 2.75) is 38.4 Å². The van der Waals surface area contributed by atoms with E-state index in [-0.39, 0.29) is 37.4 Å². The number of benzene rings is 2. The Morgan fingerprint density at radius 2 is 1.40 bits per heavy atom. The van der Waals surface area contributed by atoms with E-state index in [2.05, 4.69) is 0 Å². The first-order chi connectivity index (χ1) is 19.2. The summed E-state index contributed by atoms with van der Waals surface area (Å²) >= 11 is 11.8. The molecule has 0 aromatic heterocycles. The number of rotatable bonds is 11. The number of nitrogens with zero attached hydrogens (tertiary/aromatic N) is 3. The highest BCUT2D eigenvalue weighted by molar-refractivity contribution is 6.30. The van der Waals surface area contributed by atoms with E-state index >= 15 is 0 Å². The van der Waals surface area contributed by atoms with E-state index in [1.165, 1.54) is 10.4 Å². The molecule has 10 nitrogen and oxygen atoms in total. The van der Waals surface area contributed by atoms with Crippen LogP contribution in [-0.2, 0) is 32.3 Å². The fourth-order valence-corrected chi connectivity index (χ4v) is 4.87. The Kier molecular flexibility index (Phi) is 9.59. The predicted octanol–water partition coefficient (Wildman–Crippen LogP) is 3.49. The maximum absolute atomic E-state index is 13.2. The van der Waals surface area contributed by atoms with E-state index in [4.69, 9.17) is 28.4 Å². The Morgan fingerprint density at radius 1 is 0.875 bits per heavy atom. The van der Waals surface area contributed by atoms with Crippen molar-refractivity contribution in [2.24, 2.45) is 0 Å². The van der Waals surface area contributed by atoms with Gasteiger partial charge in [-0.1, -0.05) is 59.6 Å². The van der Waals surface area contributed by atoms with Crippen molar-refractivity contribution in [3.8, 4) is 0 Å². The molecule has 0 bridgehead atoms. The number of hydrogen-bond donors (Lipinski definition) is 3. The van der Waals surface area contributed by atoms with E-state index in [0.717, 1.165) is 11.1 Å². The van der Waals surface area contributed by atoms with E-state index in [9.17, 15) is 24.4 Å². The Bertz CT molecular complexity index is 1340. The van der Waals surface area contributed by atoms with Crippen LogP contribution in [0.25, 0.3) is 0 Å². The van der Waals surface area contributed by atoms with Gasteiger partial charge >= 0.3 is 0 Å². The van der Waals surface area contributed by atoms with E-state index in [1.54, 1.807) is 53.5 Å². The summed E-state index contributed by atoms with van der Waals surface area (Å²) in [5.74, 6) is -2.32. The molecule has 1 unspecified atom stereocenters. The second-order valence-corrected chi connectivity index (χ2v) is 10.4. The number of carbonyl (C=O) groups excluding carboxylic acids is 4. The van der Waals surface area contributed by atoms with Crippen LogP contribution in [0.2, 0.25) is 10.0 Å². The molecule has 2 aliphatic heterocycles. The van der Waals surface area contributed by atoms with Gasteiger partial charge in [0.2, 0.25) is 17.7 Å². The van der Waals surface area contributed by atoms with Crippen LogP contribution < -0.4 is 5.48 Å². The molecule has 0 saturated carbocycles. The van der Waals surface area contributed by atoms with Crippen molar-refractivity contribution in [3.05, 3.63) is 93.0 Å². The molecule has 210 valence electrons. The molecule has 2 aliphatic rings. The van der Waals surface area contributed by atoms with Gasteiger partial charge in [0.15, 0.2) is 0 Å². The number of hydrogen-bond acceptors (Lipinski definition) is 6. The van der Waals surface area contributed by atoms with Gasteiger partial charge in [0.1, 0.15) is 0 Å². The Hall–Kier alpha value is -3.70. The molecular formula is C28H28Cl2N4O6. The monoisotopic (exact) mass is 586 g/mol. The number of amides is 4. The van der Waals surface area contributed by atoms with Crippen LogP contribution in [0.5, 0.6) is 0 Å². The van der Waals surface area contributed by atoms with Gasteiger partial charge in [-0.15, -0.1) is 0 Å². The second-order valence-electron chi connectivity index (χ2n) is 9.51. The van der Waals surface area contributed by atoms with Crippen molar-refractivity contribution in [1.29, 1.82) is 0 Å². The molecule has 1 atom stereocenters. The van der Waals surface area contributed by atoms with Crippen molar-refractivity contribution in [2.75, 3.05) is 13.1 Å². The highest BCUT2D eigenvalue weighted by Crippen LogP contribution is 2.25. The SMILES string of the molecule is O=C(CC(C1=CCN(Cc2ccc(Cl)cc2)C1=O)N(O)C(=O)CCC1=CCN(Cc2ccc(Cl)cc2)C1=O)NO. The Labute approximate surface area is 241 Å². The van der Waals surface area contributed by atoms with Gasteiger partial charge in [-0.05, 0) is 41.8 Å². The lowest BCUT2D eigenvalue weighted by Gasteiger charge is -2.27. The molecule has 12 heteroatoms. The molecule has 3 N–H and O–H groups in total. The minimum absolute atomic E-state index is 0.0544. The molecule has 0 aliphatic carbocycles. The van der Waals surface area contributed by atoms with E-state index in [1.807, 2.05) is 12.1 Å². The summed E-state index contributed by atoms with van der Waals surface area (Å²) in [5.41, 5.74) is 3.70. The van der Waals surface area contributed by atoms with Crippen molar-refractivity contribution < 1.29 is 29.6 Å². The zero-order valence-corrected chi connectivity index (χ0v) is 22.9. The standard InChI is InChI=1S/C28H28Cl2N4O6/c29-21-6-1-18(2-7-21)16-32-13-11-20(27(32)37)5-10-26(36)34(40)24(15-25(35)31-39)23-12-14-33(28(23)38)17-19-3-8-22(30)9-4-19/h1-4,6-9,11-12,24,39-40H,5,10,13-17H2,(H,31,35). The third kappa shape index (κ3) is 7.08. The number of nitrogens with one attached hydrogen (secondary N) is 1. The number of carbonyl (C=O) groups is 4. The smallest absolute Gasteiger partial charge is 0.252 e. The third-order valence-electron chi connectivity index (χ3n) is 6.78. The molecule has 40 heavy (non-hydrogen) atoms. The summed E-state index contributed by atoms with van der Waals surface area (Å²) in [6.07, 6.45) is 2.58. The summed E-state index contributed by atoms with van der Waals surface area (Å²) in [6.45, 7) is 1.24. The van der Waals surface area contributed by atoms with Gasteiger partial charge in [0.25, 0.3) is 5.91 Å². The Morgan fingerprint density at radius 3 is 1.95 bits per heavy atom. The first-order valence-electron chi connectivity index (χ1n) is 12.6. The number of hydroxylamine groups is 3. The molecule has 0 saturated heterocycles. The van der Waals surface area contributed by atoms with Crippen molar-refractivity contribution in [1.82, 2.24) is 20.3 Å².